The van der Waals surface area contributed by atoms with Crippen LogP contribution in [0.3, 0.4) is 0 Å². The van der Waals surface area contributed by atoms with Gasteiger partial charge < -0.3 is 0 Å². The standard InChI is InChI=1S/C10H12N2O2/c1-2-4-9(12-14)10(13)8-5-3-6-11-7-8/h3,5-7,9H,2,4H2,1H3. The predicted octanol–water partition coefficient (Wildman–Crippen LogP) is 2.20. The molecule has 0 saturated heterocycles. The molecule has 0 aromatic carbocycles. The summed E-state index contributed by atoms with van der Waals surface area (Å²) in [7, 11) is 0. The molecular weight excluding hydrogens is 180 g/mol. The van der Waals surface area contributed by atoms with Crippen LogP contribution in [0.5, 0.6) is 0 Å². The zero-order valence-corrected chi connectivity index (χ0v) is 8.01. The second-order valence-corrected chi connectivity index (χ2v) is 3.02. The van der Waals surface area contributed by atoms with Gasteiger partial charge in [-0.2, -0.15) is 4.91 Å². The minimum absolute atomic E-state index is 0.241. The molecular formula is C10H12N2O2. The van der Waals surface area contributed by atoms with Gasteiger partial charge in [-0.15, -0.1) is 0 Å². The summed E-state index contributed by atoms with van der Waals surface area (Å²) in [5.41, 5.74) is 0.450. The molecule has 1 aromatic heterocycles. The van der Waals surface area contributed by atoms with Crippen LogP contribution < -0.4 is 0 Å². The second-order valence-electron chi connectivity index (χ2n) is 3.02. The van der Waals surface area contributed by atoms with Crippen LogP contribution in [-0.4, -0.2) is 16.8 Å². The largest absolute Gasteiger partial charge is 0.292 e. The Kier molecular flexibility index (Phi) is 3.91. The van der Waals surface area contributed by atoms with E-state index in [1.807, 2.05) is 6.92 Å². The summed E-state index contributed by atoms with van der Waals surface area (Å²) in [5.74, 6) is -0.241. The highest BCUT2D eigenvalue weighted by Gasteiger charge is 2.19. The first kappa shape index (κ1) is 10.5. The van der Waals surface area contributed by atoms with Crippen molar-refractivity contribution in [1.29, 1.82) is 0 Å². The number of nitrogens with zero attached hydrogens (tertiary/aromatic N) is 2. The van der Waals surface area contributed by atoms with E-state index >= 15 is 0 Å². The van der Waals surface area contributed by atoms with Crippen molar-refractivity contribution in [1.82, 2.24) is 4.98 Å². The van der Waals surface area contributed by atoms with Crippen LogP contribution in [0.1, 0.15) is 30.1 Å². The third-order valence-electron chi connectivity index (χ3n) is 1.94. The lowest BCUT2D eigenvalue weighted by molar-refractivity contribution is 0.0957. The summed E-state index contributed by atoms with van der Waals surface area (Å²) in [5, 5.41) is 2.83. The van der Waals surface area contributed by atoms with Crippen molar-refractivity contribution in [3.8, 4) is 0 Å². The van der Waals surface area contributed by atoms with Gasteiger partial charge in [-0.1, -0.05) is 18.5 Å². The fraction of sp³-hybridized carbons (Fsp3) is 0.400. The quantitative estimate of drug-likeness (QED) is 0.530. The Bertz CT molecular complexity index is 311. The van der Waals surface area contributed by atoms with Gasteiger partial charge in [0.15, 0.2) is 11.8 Å². The molecule has 0 spiro atoms. The Morgan fingerprint density at radius 1 is 1.64 bits per heavy atom. The summed E-state index contributed by atoms with van der Waals surface area (Å²) in [6.07, 6.45) is 4.30. The Labute approximate surface area is 82.3 Å². The molecule has 4 nitrogen and oxygen atoms in total. The molecule has 1 heterocycles. The van der Waals surface area contributed by atoms with E-state index in [4.69, 9.17) is 0 Å². The first-order valence-electron chi connectivity index (χ1n) is 4.56. The van der Waals surface area contributed by atoms with Gasteiger partial charge in [0.2, 0.25) is 0 Å². The second kappa shape index (κ2) is 5.21. The van der Waals surface area contributed by atoms with Crippen molar-refractivity contribution in [3.05, 3.63) is 35.0 Å². The normalized spacial score (nSPS) is 12.1. The van der Waals surface area contributed by atoms with Crippen LogP contribution in [-0.2, 0) is 0 Å². The molecule has 0 aliphatic rings. The first-order chi connectivity index (χ1) is 6.79. The van der Waals surface area contributed by atoms with Crippen molar-refractivity contribution in [2.24, 2.45) is 5.18 Å². The Morgan fingerprint density at radius 2 is 2.43 bits per heavy atom. The smallest absolute Gasteiger partial charge is 0.192 e. The topological polar surface area (TPSA) is 59.4 Å². The maximum Gasteiger partial charge on any atom is 0.192 e. The summed E-state index contributed by atoms with van der Waals surface area (Å²) in [6.45, 7) is 1.91. The molecule has 1 unspecified atom stereocenters. The number of carbonyl (C=O) groups is 1. The van der Waals surface area contributed by atoms with Crippen LogP contribution in [0.25, 0.3) is 0 Å². The fourth-order valence-electron chi connectivity index (χ4n) is 1.21. The molecule has 74 valence electrons. The van der Waals surface area contributed by atoms with Crippen LogP contribution in [0, 0.1) is 4.91 Å². The number of ketones is 1. The number of hydrogen-bond acceptors (Lipinski definition) is 4. The average Bonchev–Trinajstić information content (AvgIpc) is 2.26. The highest BCUT2D eigenvalue weighted by atomic mass is 16.3. The maximum atomic E-state index is 11.6. The minimum Gasteiger partial charge on any atom is -0.292 e. The van der Waals surface area contributed by atoms with E-state index in [2.05, 4.69) is 10.2 Å². The van der Waals surface area contributed by atoms with Crippen molar-refractivity contribution in [3.63, 3.8) is 0 Å². The van der Waals surface area contributed by atoms with Gasteiger partial charge in [0.25, 0.3) is 0 Å². The fourth-order valence-corrected chi connectivity index (χ4v) is 1.21. The number of carbonyl (C=O) groups excluding carboxylic acids is 1. The first-order valence-corrected chi connectivity index (χ1v) is 4.56. The number of nitroso groups, excluding NO2 is 1. The van der Waals surface area contributed by atoms with E-state index in [9.17, 15) is 9.70 Å². The summed E-state index contributed by atoms with van der Waals surface area (Å²) in [4.78, 5) is 25.9. The van der Waals surface area contributed by atoms with Gasteiger partial charge in [-0.05, 0) is 18.6 Å². The van der Waals surface area contributed by atoms with Crippen molar-refractivity contribution >= 4 is 5.78 Å². The van der Waals surface area contributed by atoms with E-state index < -0.39 is 6.04 Å². The maximum absolute atomic E-state index is 11.6. The highest BCUT2D eigenvalue weighted by Crippen LogP contribution is 2.09. The average molecular weight is 192 g/mol. The van der Waals surface area contributed by atoms with E-state index in [-0.39, 0.29) is 5.78 Å². The van der Waals surface area contributed by atoms with Crippen molar-refractivity contribution in [2.45, 2.75) is 25.8 Å². The molecule has 0 bridgehead atoms. The van der Waals surface area contributed by atoms with E-state index in [0.29, 0.717) is 12.0 Å². The van der Waals surface area contributed by atoms with Gasteiger partial charge >= 0.3 is 0 Å². The Balaban J connectivity index is 2.78. The molecule has 0 saturated carbocycles. The van der Waals surface area contributed by atoms with E-state index in [0.717, 1.165) is 6.42 Å². The molecule has 14 heavy (non-hydrogen) atoms. The number of Topliss-reactive ketones (excluding diaryl/α,β-unsaturated/α-hetero) is 1. The molecule has 0 radical (unpaired) electrons. The molecule has 0 aliphatic carbocycles. The molecule has 0 N–H and O–H groups in total. The number of pyridine rings is 1. The van der Waals surface area contributed by atoms with Crippen LogP contribution in [0.4, 0.5) is 0 Å². The third kappa shape index (κ3) is 2.45. The summed E-state index contributed by atoms with van der Waals surface area (Å²) < 4.78 is 0. The number of hydrogen-bond donors (Lipinski definition) is 0. The van der Waals surface area contributed by atoms with Crippen LogP contribution in [0.15, 0.2) is 29.7 Å². The lowest BCUT2D eigenvalue weighted by atomic mass is 10.0. The SMILES string of the molecule is CCCC(N=O)C(=O)c1cccnc1. The molecule has 0 aliphatic heterocycles. The molecule has 0 fully saturated rings. The zero-order chi connectivity index (χ0) is 10.4. The van der Waals surface area contributed by atoms with Crippen LogP contribution >= 0.6 is 0 Å². The van der Waals surface area contributed by atoms with Crippen LogP contribution in [0.2, 0.25) is 0 Å². The van der Waals surface area contributed by atoms with Gasteiger partial charge in [0.05, 0.1) is 0 Å². The number of aromatic nitrogens is 1. The third-order valence-corrected chi connectivity index (χ3v) is 1.94. The highest BCUT2D eigenvalue weighted by molar-refractivity contribution is 5.99. The summed E-state index contributed by atoms with van der Waals surface area (Å²) in [6, 6.07) is 2.55. The minimum atomic E-state index is -0.760. The van der Waals surface area contributed by atoms with Crippen molar-refractivity contribution in [2.75, 3.05) is 0 Å². The van der Waals surface area contributed by atoms with Gasteiger partial charge in [0, 0.05) is 18.0 Å². The van der Waals surface area contributed by atoms with E-state index in [1.165, 1.54) is 6.20 Å². The number of rotatable bonds is 5. The zero-order valence-electron chi connectivity index (χ0n) is 8.01. The molecule has 1 rings (SSSR count). The van der Waals surface area contributed by atoms with Crippen molar-refractivity contribution < 1.29 is 4.79 Å². The van der Waals surface area contributed by atoms with Gasteiger partial charge in [-0.3, -0.25) is 9.78 Å². The summed E-state index contributed by atoms with van der Waals surface area (Å²) >= 11 is 0. The molecule has 1 aromatic rings. The molecule has 4 heteroatoms. The predicted molar refractivity (Wildman–Crippen MR) is 53.1 cm³/mol. The van der Waals surface area contributed by atoms with Gasteiger partial charge in [-0.25, -0.2) is 0 Å². The van der Waals surface area contributed by atoms with Gasteiger partial charge in [0.1, 0.15) is 0 Å². The monoisotopic (exact) mass is 192 g/mol. The lowest BCUT2D eigenvalue weighted by Gasteiger charge is -2.05. The van der Waals surface area contributed by atoms with E-state index in [1.54, 1.807) is 18.3 Å². The Hall–Kier alpha value is -1.58. The Morgan fingerprint density at radius 3 is 2.93 bits per heavy atom. The molecule has 1 atom stereocenters. The molecule has 0 amide bonds. The lowest BCUT2D eigenvalue weighted by Crippen LogP contribution is -2.18.